The molecule has 0 aromatic rings. The Hall–Kier alpha value is -1.32. The normalized spacial score (nSPS) is 16.7. The highest BCUT2D eigenvalue weighted by Crippen LogP contribution is 2.60. The number of rotatable bonds is 7. The number of halogens is 17. The largest absolute Gasteiger partial charge is 0.743 e. The van der Waals surface area contributed by atoms with Gasteiger partial charge in [0.25, 0.3) is 0 Å². The van der Waals surface area contributed by atoms with E-state index >= 15 is 0 Å². The minimum absolute atomic E-state index is 0.961. The Balaban J connectivity index is 6.66. The molecule has 0 aromatic carbocycles. The summed E-state index contributed by atoms with van der Waals surface area (Å²) in [6, 6.07) is 0. The van der Waals surface area contributed by atoms with E-state index in [-0.39, 0.29) is 0 Å². The maximum absolute atomic E-state index is 13.0. The van der Waals surface area contributed by atoms with Gasteiger partial charge in [-0.1, -0.05) is 0 Å². The molecule has 22 heteroatoms. The molecule has 0 aromatic heterocycles. The van der Waals surface area contributed by atoms with Crippen molar-refractivity contribution < 1.29 is 92.3 Å². The van der Waals surface area contributed by atoms with Gasteiger partial charge < -0.3 is 4.55 Å². The molecular weight excluding hydrogens is 515 g/mol. The molecular formula is C8F17O4S-. The summed E-state index contributed by atoms with van der Waals surface area (Å²) in [6.45, 7) is 0. The van der Waals surface area contributed by atoms with E-state index < -0.39 is 57.5 Å². The van der Waals surface area contributed by atoms with E-state index in [1.807, 2.05) is 0 Å². The lowest BCUT2D eigenvalue weighted by molar-refractivity contribution is -0.519. The summed E-state index contributed by atoms with van der Waals surface area (Å²) in [4.78, 5) is 0. The van der Waals surface area contributed by atoms with Crippen LogP contribution in [0, 0.1) is 0 Å². The number of ether oxygens (including phenoxy) is 1. The van der Waals surface area contributed by atoms with Gasteiger partial charge in [0, 0.05) is 0 Å². The van der Waals surface area contributed by atoms with Crippen LogP contribution in [0.2, 0.25) is 0 Å². The Morgan fingerprint density at radius 3 is 1.07 bits per heavy atom. The van der Waals surface area contributed by atoms with Gasteiger partial charge in [-0.2, -0.15) is 70.2 Å². The summed E-state index contributed by atoms with van der Waals surface area (Å²) in [6.07, 6.45) is -32.6. The Morgan fingerprint density at radius 2 is 0.833 bits per heavy atom. The zero-order valence-electron chi connectivity index (χ0n) is 12.5. The number of alkyl halides is 17. The van der Waals surface area contributed by atoms with Crippen LogP contribution < -0.4 is 0 Å². The Kier molecular flexibility index (Phi) is 6.54. The van der Waals surface area contributed by atoms with Gasteiger partial charge in [-0.05, 0) is 0 Å². The van der Waals surface area contributed by atoms with E-state index in [4.69, 9.17) is 0 Å². The third-order valence-electron chi connectivity index (χ3n) is 2.88. The molecule has 0 aliphatic rings. The van der Waals surface area contributed by atoms with E-state index in [2.05, 4.69) is 0 Å². The molecule has 0 rings (SSSR count). The van der Waals surface area contributed by atoms with Crippen LogP contribution in [0.25, 0.3) is 0 Å². The third kappa shape index (κ3) is 3.84. The van der Waals surface area contributed by atoms with Crippen LogP contribution in [0.1, 0.15) is 0 Å². The maximum Gasteiger partial charge on any atom is 0.440 e. The van der Waals surface area contributed by atoms with E-state index in [0.717, 1.165) is 4.74 Å². The van der Waals surface area contributed by atoms with Gasteiger partial charge >= 0.3 is 47.3 Å². The molecule has 0 aliphatic carbocycles. The van der Waals surface area contributed by atoms with Crippen LogP contribution in [0.4, 0.5) is 74.6 Å². The number of hydrogen-bond donors (Lipinski definition) is 0. The molecule has 0 amide bonds. The van der Waals surface area contributed by atoms with Crippen molar-refractivity contribution >= 4 is 10.1 Å². The minimum Gasteiger partial charge on any atom is -0.743 e. The fourth-order valence-electron chi connectivity index (χ4n) is 1.31. The summed E-state index contributed by atoms with van der Waals surface area (Å²) < 4.78 is 245. The highest BCUT2D eigenvalue weighted by Gasteiger charge is 2.90. The molecule has 0 unspecified atom stereocenters. The monoisotopic (exact) mass is 515 g/mol. The predicted octanol–water partition coefficient (Wildman–Crippen LogP) is 4.43. The molecule has 0 atom stereocenters. The average Bonchev–Trinajstić information content (AvgIpc) is 2.40. The van der Waals surface area contributed by atoms with Gasteiger partial charge in [0.1, 0.15) is 0 Å². The lowest BCUT2D eigenvalue weighted by Crippen LogP contribution is -2.70. The van der Waals surface area contributed by atoms with Gasteiger partial charge in [0.2, 0.25) is 0 Å². The molecule has 0 N–H and O–H groups in total. The van der Waals surface area contributed by atoms with Crippen LogP contribution in [-0.2, 0) is 14.9 Å². The summed E-state index contributed by atoms with van der Waals surface area (Å²) >= 11 is 0. The fourth-order valence-corrected chi connectivity index (χ4v) is 1.75. The minimum atomic E-state index is -8.44. The molecule has 0 radical (unpaired) electrons. The van der Waals surface area contributed by atoms with E-state index in [9.17, 15) is 87.6 Å². The van der Waals surface area contributed by atoms with Crippen LogP contribution >= 0.6 is 0 Å². The first-order chi connectivity index (χ1) is 12.5. The second-order valence-electron chi connectivity index (χ2n) is 4.91. The van der Waals surface area contributed by atoms with E-state index in [1.54, 1.807) is 0 Å². The Labute approximate surface area is 151 Å². The molecule has 0 saturated carbocycles. The second kappa shape index (κ2) is 6.84. The molecule has 0 bridgehead atoms. The van der Waals surface area contributed by atoms with E-state index in [1.165, 1.54) is 0 Å². The first kappa shape index (κ1) is 28.7. The van der Waals surface area contributed by atoms with Crippen molar-refractivity contribution in [1.29, 1.82) is 0 Å². The topological polar surface area (TPSA) is 66.4 Å². The zero-order valence-corrected chi connectivity index (χ0v) is 13.3. The van der Waals surface area contributed by atoms with Gasteiger partial charge in [0.15, 0.2) is 10.1 Å². The van der Waals surface area contributed by atoms with Crippen molar-refractivity contribution in [1.82, 2.24) is 0 Å². The molecule has 0 heterocycles. The number of hydrogen-bond acceptors (Lipinski definition) is 4. The maximum atomic E-state index is 13.0. The average molecular weight is 515 g/mol. The quantitative estimate of drug-likeness (QED) is 0.372. The van der Waals surface area contributed by atoms with Crippen molar-refractivity contribution in [3.05, 3.63) is 0 Å². The van der Waals surface area contributed by atoms with Crippen LogP contribution in [0.3, 0.4) is 0 Å². The van der Waals surface area contributed by atoms with Crippen LogP contribution in [0.5, 0.6) is 0 Å². The van der Waals surface area contributed by atoms with Gasteiger partial charge in [-0.15, -0.1) is 0 Å². The smallest absolute Gasteiger partial charge is 0.440 e. The van der Waals surface area contributed by atoms with Crippen LogP contribution in [0.15, 0.2) is 0 Å². The summed E-state index contributed by atoms with van der Waals surface area (Å²) in [7, 11) is -8.05. The third-order valence-corrected chi connectivity index (χ3v) is 3.76. The molecule has 0 spiro atoms. The summed E-state index contributed by atoms with van der Waals surface area (Å²) in [5.74, 6) is -16.7. The molecule has 4 nitrogen and oxygen atoms in total. The van der Waals surface area contributed by atoms with Crippen molar-refractivity contribution in [3.63, 3.8) is 0 Å². The molecule has 0 fully saturated rings. The highest BCUT2D eigenvalue weighted by molar-refractivity contribution is 7.86. The fraction of sp³-hybridized carbons (Fsp3) is 1.00. The van der Waals surface area contributed by atoms with Crippen LogP contribution in [-0.4, -0.2) is 60.3 Å². The molecule has 0 aliphatic heterocycles. The predicted molar refractivity (Wildman–Crippen MR) is 51.5 cm³/mol. The summed E-state index contributed by atoms with van der Waals surface area (Å²) in [5, 5.41) is -7.81. The van der Waals surface area contributed by atoms with Crippen molar-refractivity contribution in [2.45, 2.75) is 47.3 Å². The lowest BCUT2D eigenvalue weighted by Gasteiger charge is -2.40. The Bertz CT molecular complexity index is 733. The highest BCUT2D eigenvalue weighted by atomic mass is 32.2. The second-order valence-corrected chi connectivity index (χ2v) is 6.33. The first-order valence-electron chi connectivity index (χ1n) is 5.83. The Morgan fingerprint density at radius 1 is 0.533 bits per heavy atom. The van der Waals surface area contributed by atoms with E-state index in [0.29, 0.717) is 0 Å². The molecule has 30 heavy (non-hydrogen) atoms. The van der Waals surface area contributed by atoms with Crippen molar-refractivity contribution in [2.24, 2.45) is 0 Å². The summed E-state index contributed by atoms with van der Waals surface area (Å²) in [5.41, 5.74) is -8.30. The zero-order chi connectivity index (χ0) is 25.2. The molecule has 0 saturated heterocycles. The first-order valence-corrected chi connectivity index (χ1v) is 7.23. The standard InChI is InChI=1S/C8HF17O4S/c9-1(4(14,15)16,5(17,18)19)6(20,21)29-7(22,23)2(10,11)3(12,13)8(24,25)30(26,27)28/h(H,26,27,28)/p-1. The SMILES string of the molecule is O=S(=O)([O-])C(F)(F)C(F)(F)C(F)(F)C(F)(F)OC(F)(F)C(F)(C(F)(F)F)C(F)(F)F. The van der Waals surface area contributed by atoms with Crippen molar-refractivity contribution in [2.75, 3.05) is 0 Å². The van der Waals surface area contributed by atoms with Gasteiger partial charge in [-0.25, -0.2) is 17.5 Å². The lowest BCUT2D eigenvalue weighted by atomic mass is 10.0. The van der Waals surface area contributed by atoms with Gasteiger partial charge in [-0.3, -0.25) is 0 Å². The van der Waals surface area contributed by atoms with Gasteiger partial charge in [0.05, 0.1) is 0 Å². The molecule has 182 valence electrons. The van der Waals surface area contributed by atoms with Crippen molar-refractivity contribution in [3.8, 4) is 0 Å².